The fraction of sp³-hybridized carbons (Fsp3) is 0.308. The van der Waals surface area contributed by atoms with Crippen molar-refractivity contribution in [2.24, 2.45) is 11.7 Å². The number of hydrogen-bond donors (Lipinski definition) is 1. The summed E-state index contributed by atoms with van der Waals surface area (Å²) in [6, 6.07) is 23.0. The molecule has 0 bridgehead atoms. The summed E-state index contributed by atoms with van der Waals surface area (Å²) in [4.78, 5) is 27.7. The van der Waals surface area contributed by atoms with E-state index in [1.807, 2.05) is 72.8 Å². The van der Waals surface area contributed by atoms with Gasteiger partial charge >= 0.3 is 0 Å². The zero-order valence-electron chi connectivity index (χ0n) is 19.1. The lowest BCUT2D eigenvalue weighted by Crippen LogP contribution is -2.59. The highest BCUT2D eigenvalue weighted by Gasteiger charge is 2.38. The molecule has 1 heterocycles. The van der Waals surface area contributed by atoms with Gasteiger partial charge in [0.05, 0.1) is 6.26 Å². The monoisotopic (exact) mass is 479 g/mol. The summed E-state index contributed by atoms with van der Waals surface area (Å²) < 4.78 is 25.8. The van der Waals surface area contributed by atoms with Crippen molar-refractivity contribution >= 4 is 32.6 Å². The lowest BCUT2D eigenvalue weighted by molar-refractivity contribution is -0.144. The van der Waals surface area contributed by atoms with E-state index in [0.717, 1.165) is 21.9 Å². The van der Waals surface area contributed by atoms with Crippen molar-refractivity contribution < 1.29 is 18.0 Å². The Morgan fingerprint density at radius 2 is 1.62 bits per heavy atom. The Labute approximate surface area is 200 Å². The van der Waals surface area contributed by atoms with Crippen molar-refractivity contribution in [2.45, 2.75) is 18.9 Å². The first-order valence-corrected chi connectivity index (χ1v) is 13.1. The minimum absolute atomic E-state index is 0.181. The van der Waals surface area contributed by atoms with Crippen LogP contribution in [0.25, 0.3) is 10.8 Å². The third-order valence-corrected chi connectivity index (χ3v) is 7.68. The van der Waals surface area contributed by atoms with E-state index in [1.165, 1.54) is 10.6 Å². The molecule has 3 aromatic rings. The number of primary amides is 1. The number of rotatable bonds is 7. The van der Waals surface area contributed by atoms with Crippen LogP contribution in [0, 0.1) is 5.92 Å². The Morgan fingerprint density at radius 3 is 2.29 bits per heavy atom. The topological polar surface area (TPSA) is 101 Å². The molecule has 4 rings (SSSR count). The number of benzene rings is 3. The fourth-order valence-corrected chi connectivity index (χ4v) is 5.45. The van der Waals surface area contributed by atoms with Crippen LogP contribution in [0.4, 0.5) is 0 Å². The van der Waals surface area contributed by atoms with Gasteiger partial charge in [-0.1, -0.05) is 72.8 Å². The zero-order chi connectivity index (χ0) is 24.3. The summed E-state index contributed by atoms with van der Waals surface area (Å²) in [6.07, 6.45) is 1.86. The highest BCUT2D eigenvalue weighted by atomic mass is 32.2. The smallest absolute Gasteiger partial charge is 0.235 e. The van der Waals surface area contributed by atoms with E-state index in [4.69, 9.17) is 5.73 Å². The second kappa shape index (κ2) is 9.95. The first kappa shape index (κ1) is 23.9. The number of carbonyl (C=O) groups excluding carboxylic acids is 2. The summed E-state index contributed by atoms with van der Waals surface area (Å²) in [6.45, 7) is 0.586. The second-order valence-corrected chi connectivity index (χ2v) is 10.8. The molecule has 0 aromatic heterocycles. The third kappa shape index (κ3) is 5.46. The Morgan fingerprint density at radius 1 is 0.941 bits per heavy atom. The molecular weight excluding hydrogens is 450 g/mol. The maximum atomic E-state index is 13.6. The predicted molar refractivity (Wildman–Crippen MR) is 132 cm³/mol. The molecule has 0 unspecified atom stereocenters. The quantitative estimate of drug-likeness (QED) is 0.525. The second-order valence-electron chi connectivity index (χ2n) is 8.84. The normalized spacial score (nSPS) is 18.0. The summed E-state index contributed by atoms with van der Waals surface area (Å²) in [7, 11) is -3.40. The van der Waals surface area contributed by atoms with Gasteiger partial charge in [-0.05, 0) is 34.7 Å². The molecule has 0 spiro atoms. The first-order valence-electron chi connectivity index (χ1n) is 11.3. The van der Waals surface area contributed by atoms with Gasteiger partial charge in [-0.15, -0.1) is 0 Å². The van der Waals surface area contributed by atoms with Gasteiger partial charge in [0.15, 0.2) is 0 Å². The van der Waals surface area contributed by atoms with E-state index in [-0.39, 0.29) is 32.0 Å². The SMILES string of the molecule is CS(=O)(=O)N1CCN(C(=O)[C@H](Cc2ccc3ccccc3c2)C(N)=O)[C@H](Cc2ccccc2)C1. The maximum Gasteiger partial charge on any atom is 0.235 e. The van der Waals surface area contributed by atoms with Crippen LogP contribution >= 0.6 is 0 Å². The lowest BCUT2D eigenvalue weighted by atomic mass is 9.93. The van der Waals surface area contributed by atoms with E-state index in [2.05, 4.69) is 0 Å². The largest absolute Gasteiger partial charge is 0.369 e. The summed E-state index contributed by atoms with van der Waals surface area (Å²) in [5, 5.41) is 2.10. The highest BCUT2D eigenvalue weighted by molar-refractivity contribution is 7.88. The summed E-state index contributed by atoms with van der Waals surface area (Å²) >= 11 is 0. The van der Waals surface area contributed by atoms with Gasteiger partial charge in [0.1, 0.15) is 5.92 Å². The van der Waals surface area contributed by atoms with E-state index in [0.29, 0.717) is 6.42 Å². The van der Waals surface area contributed by atoms with Gasteiger partial charge in [0, 0.05) is 25.7 Å². The molecule has 34 heavy (non-hydrogen) atoms. The first-order chi connectivity index (χ1) is 16.2. The number of fused-ring (bicyclic) bond motifs is 1. The van der Waals surface area contributed by atoms with E-state index >= 15 is 0 Å². The molecule has 2 N–H and O–H groups in total. The Balaban J connectivity index is 1.59. The van der Waals surface area contributed by atoms with Gasteiger partial charge in [0.2, 0.25) is 21.8 Å². The van der Waals surface area contributed by atoms with Crippen molar-refractivity contribution in [3.63, 3.8) is 0 Å². The Hall–Kier alpha value is -3.23. The third-order valence-electron chi connectivity index (χ3n) is 6.41. The number of nitrogens with two attached hydrogens (primary N) is 1. The number of hydrogen-bond acceptors (Lipinski definition) is 4. The van der Waals surface area contributed by atoms with Crippen molar-refractivity contribution in [3.8, 4) is 0 Å². The van der Waals surface area contributed by atoms with E-state index in [1.54, 1.807) is 4.90 Å². The standard InChI is InChI=1S/C26H29N3O4S/c1-34(32,33)28-13-14-29(23(18-28)16-19-7-3-2-4-8-19)26(31)24(25(27)30)17-20-11-12-21-9-5-6-10-22(21)15-20/h2-12,15,23-24H,13-14,16-18H2,1H3,(H2,27,30)/t23-,24-/m1/s1. The number of nitrogens with zero attached hydrogens (tertiary/aromatic N) is 2. The number of amides is 2. The predicted octanol–water partition coefficient (Wildman–Crippen LogP) is 2.20. The van der Waals surface area contributed by atoms with Crippen LogP contribution in [-0.4, -0.2) is 61.4 Å². The molecule has 178 valence electrons. The van der Waals surface area contributed by atoms with Gasteiger partial charge in [-0.3, -0.25) is 9.59 Å². The van der Waals surface area contributed by atoms with Crippen LogP contribution in [0.5, 0.6) is 0 Å². The van der Waals surface area contributed by atoms with Crippen molar-refractivity contribution in [2.75, 3.05) is 25.9 Å². The summed E-state index contributed by atoms with van der Waals surface area (Å²) in [5.74, 6) is -2.05. The molecule has 1 saturated heterocycles. The number of sulfonamides is 1. The van der Waals surface area contributed by atoms with Crippen LogP contribution < -0.4 is 5.73 Å². The van der Waals surface area contributed by atoms with Gasteiger partial charge in [-0.2, -0.15) is 4.31 Å². The molecule has 1 fully saturated rings. The van der Waals surface area contributed by atoms with Crippen LogP contribution in [-0.2, 0) is 32.5 Å². The fourth-order valence-electron chi connectivity index (χ4n) is 4.59. The summed E-state index contributed by atoms with van der Waals surface area (Å²) in [5.41, 5.74) is 7.55. The molecule has 0 saturated carbocycles. The van der Waals surface area contributed by atoms with Gasteiger partial charge < -0.3 is 10.6 Å². The minimum Gasteiger partial charge on any atom is -0.369 e. The molecular formula is C26H29N3O4S. The van der Waals surface area contributed by atoms with Crippen molar-refractivity contribution in [3.05, 3.63) is 83.9 Å². The number of piperazine rings is 1. The molecule has 0 aliphatic carbocycles. The Bertz CT molecular complexity index is 1290. The average molecular weight is 480 g/mol. The molecule has 2 amide bonds. The average Bonchev–Trinajstić information content (AvgIpc) is 2.82. The van der Waals surface area contributed by atoms with Gasteiger partial charge in [-0.25, -0.2) is 8.42 Å². The Kier molecular flexibility index (Phi) is 7.00. The minimum atomic E-state index is -3.40. The highest BCUT2D eigenvalue weighted by Crippen LogP contribution is 2.23. The molecule has 8 heteroatoms. The zero-order valence-corrected chi connectivity index (χ0v) is 19.9. The van der Waals surface area contributed by atoms with E-state index in [9.17, 15) is 18.0 Å². The van der Waals surface area contributed by atoms with Crippen molar-refractivity contribution in [1.82, 2.24) is 9.21 Å². The van der Waals surface area contributed by atoms with Gasteiger partial charge in [0.25, 0.3) is 0 Å². The molecule has 1 aliphatic heterocycles. The van der Waals surface area contributed by atoms with Crippen LogP contribution in [0.1, 0.15) is 11.1 Å². The molecule has 7 nitrogen and oxygen atoms in total. The molecule has 1 aliphatic rings. The number of carbonyl (C=O) groups is 2. The molecule has 3 aromatic carbocycles. The van der Waals surface area contributed by atoms with Crippen LogP contribution in [0.15, 0.2) is 72.8 Å². The van der Waals surface area contributed by atoms with Crippen LogP contribution in [0.3, 0.4) is 0 Å². The molecule has 2 atom stereocenters. The maximum absolute atomic E-state index is 13.6. The lowest BCUT2D eigenvalue weighted by Gasteiger charge is -2.41. The van der Waals surface area contributed by atoms with E-state index < -0.39 is 27.9 Å². The molecule has 0 radical (unpaired) electrons. The van der Waals surface area contributed by atoms with Crippen molar-refractivity contribution in [1.29, 1.82) is 0 Å². The van der Waals surface area contributed by atoms with Crippen LogP contribution in [0.2, 0.25) is 0 Å².